The molecule has 1 aromatic rings. The number of nitrogens with one attached hydrogen (secondary N) is 1. The average molecular weight is 298 g/mol. The van der Waals surface area contributed by atoms with E-state index in [0.717, 1.165) is 25.5 Å². The van der Waals surface area contributed by atoms with Crippen LogP contribution in [-0.2, 0) is 9.84 Å². The maximum Gasteiger partial charge on any atom is 0.288 e. The number of rotatable bonds is 6. The van der Waals surface area contributed by atoms with Crippen LogP contribution in [0.2, 0.25) is 0 Å². The van der Waals surface area contributed by atoms with Gasteiger partial charge in [0.1, 0.15) is 4.90 Å². The Hall–Kier alpha value is -1.63. The van der Waals surface area contributed by atoms with Crippen LogP contribution in [0, 0.1) is 16.0 Å². The van der Waals surface area contributed by atoms with Crippen LogP contribution >= 0.6 is 0 Å². The molecule has 0 aliphatic heterocycles. The Morgan fingerprint density at radius 3 is 2.70 bits per heavy atom. The number of benzene rings is 1. The van der Waals surface area contributed by atoms with Crippen LogP contribution in [-0.4, -0.2) is 25.6 Å². The van der Waals surface area contributed by atoms with Crippen LogP contribution in [0.1, 0.15) is 26.2 Å². The van der Waals surface area contributed by atoms with Gasteiger partial charge >= 0.3 is 0 Å². The molecule has 1 aliphatic rings. The molecule has 2 rings (SSSR count). The molecule has 0 bridgehead atoms. The van der Waals surface area contributed by atoms with Crippen LogP contribution in [0.25, 0.3) is 0 Å². The molecule has 1 aliphatic carbocycles. The summed E-state index contributed by atoms with van der Waals surface area (Å²) in [6, 6.07) is 4.52. The summed E-state index contributed by atoms with van der Waals surface area (Å²) in [4.78, 5) is 9.97. The fourth-order valence-electron chi connectivity index (χ4n) is 2.38. The van der Waals surface area contributed by atoms with Crippen molar-refractivity contribution in [2.75, 3.05) is 11.6 Å². The van der Waals surface area contributed by atoms with Gasteiger partial charge in [0.15, 0.2) is 9.84 Å². The first kappa shape index (κ1) is 14.8. The van der Waals surface area contributed by atoms with E-state index in [1.165, 1.54) is 12.1 Å². The Morgan fingerprint density at radius 2 is 2.15 bits per heavy atom. The van der Waals surface area contributed by atoms with E-state index in [1.54, 1.807) is 6.07 Å². The normalized spacial score (nSPS) is 21.5. The average Bonchev–Trinajstić information content (AvgIpc) is 3.06. The van der Waals surface area contributed by atoms with Gasteiger partial charge in [0.25, 0.3) is 5.69 Å². The van der Waals surface area contributed by atoms with Crippen LogP contribution in [0.5, 0.6) is 0 Å². The SMILES string of the molecule is CCCC1CC1Nc1ccc([N+](=O)[O-])c(S(C)(=O)=O)c1. The van der Waals surface area contributed by atoms with Crippen molar-refractivity contribution in [1.82, 2.24) is 0 Å². The summed E-state index contributed by atoms with van der Waals surface area (Å²) >= 11 is 0. The number of hydrogen-bond acceptors (Lipinski definition) is 5. The van der Waals surface area contributed by atoms with E-state index < -0.39 is 14.8 Å². The zero-order valence-corrected chi connectivity index (χ0v) is 12.3. The first-order valence-electron chi connectivity index (χ1n) is 6.58. The smallest absolute Gasteiger partial charge is 0.288 e. The van der Waals surface area contributed by atoms with E-state index in [4.69, 9.17) is 0 Å². The summed E-state index contributed by atoms with van der Waals surface area (Å²) in [6.07, 6.45) is 4.32. The van der Waals surface area contributed by atoms with E-state index in [9.17, 15) is 18.5 Å². The number of hydrogen-bond donors (Lipinski definition) is 1. The lowest BCUT2D eigenvalue weighted by Gasteiger charge is -2.08. The van der Waals surface area contributed by atoms with Crippen molar-refractivity contribution in [2.24, 2.45) is 5.92 Å². The van der Waals surface area contributed by atoms with Crippen LogP contribution in [0.4, 0.5) is 11.4 Å². The van der Waals surface area contributed by atoms with Crippen LogP contribution < -0.4 is 5.32 Å². The van der Waals surface area contributed by atoms with Gasteiger partial charge in [-0.05, 0) is 30.9 Å². The fraction of sp³-hybridized carbons (Fsp3) is 0.538. The Kier molecular flexibility index (Phi) is 3.99. The summed E-state index contributed by atoms with van der Waals surface area (Å²) in [5, 5.41) is 14.1. The summed E-state index contributed by atoms with van der Waals surface area (Å²) in [7, 11) is -3.62. The van der Waals surface area contributed by atoms with Gasteiger partial charge in [-0.15, -0.1) is 0 Å². The van der Waals surface area contributed by atoms with Gasteiger partial charge in [-0.3, -0.25) is 10.1 Å². The molecule has 2 atom stereocenters. The predicted molar refractivity (Wildman–Crippen MR) is 76.6 cm³/mol. The van der Waals surface area contributed by atoms with Crippen molar-refractivity contribution in [1.29, 1.82) is 0 Å². The molecular formula is C13H18N2O4S. The molecule has 0 aromatic heterocycles. The maximum atomic E-state index is 11.6. The van der Waals surface area contributed by atoms with Crippen molar-refractivity contribution in [3.05, 3.63) is 28.3 Å². The Balaban J connectivity index is 2.23. The number of nitro benzene ring substituents is 1. The third-order valence-corrected chi connectivity index (χ3v) is 4.62. The minimum Gasteiger partial charge on any atom is -0.382 e. The lowest BCUT2D eigenvalue weighted by Crippen LogP contribution is -2.07. The van der Waals surface area contributed by atoms with Gasteiger partial charge in [-0.25, -0.2) is 8.42 Å². The number of nitro groups is 1. The molecule has 0 radical (unpaired) electrons. The minimum atomic E-state index is -3.62. The van der Waals surface area contributed by atoms with Gasteiger partial charge in [0, 0.05) is 24.1 Å². The third kappa shape index (κ3) is 3.27. The van der Waals surface area contributed by atoms with E-state index in [-0.39, 0.29) is 10.6 Å². The molecule has 2 unspecified atom stereocenters. The standard InChI is InChI=1S/C13H18N2O4S/c1-3-4-9-7-11(9)14-10-5-6-12(15(16)17)13(8-10)20(2,18)19/h5-6,8-9,11,14H,3-4,7H2,1-2H3. The molecular weight excluding hydrogens is 280 g/mol. The molecule has 20 heavy (non-hydrogen) atoms. The molecule has 0 spiro atoms. The van der Waals surface area contributed by atoms with Gasteiger partial charge in [-0.2, -0.15) is 0 Å². The Bertz CT molecular complexity index is 627. The molecule has 0 heterocycles. The summed E-state index contributed by atoms with van der Waals surface area (Å²) < 4.78 is 23.3. The lowest BCUT2D eigenvalue weighted by molar-refractivity contribution is -0.387. The van der Waals surface area contributed by atoms with Gasteiger partial charge in [0.05, 0.1) is 4.92 Å². The number of anilines is 1. The first-order valence-corrected chi connectivity index (χ1v) is 8.47. The number of nitrogens with zero attached hydrogens (tertiary/aromatic N) is 1. The molecule has 1 N–H and O–H groups in total. The maximum absolute atomic E-state index is 11.6. The molecule has 110 valence electrons. The quantitative estimate of drug-likeness (QED) is 0.644. The predicted octanol–water partition coefficient (Wildman–Crippen LogP) is 2.60. The van der Waals surface area contributed by atoms with Crippen molar-refractivity contribution < 1.29 is 13.3 Å². The molecule has 0 amide bonds. The van der Waals surface area contributed by atoms with Gasteiger partial charge in [0.2, 0.25) is 0 Å². The molecule has 6 nitrogen and oxygen atoms in total. The highest BCUT2D eigenvalue weighted by molar-refractivity contribution is 7.90. The second kappa shape index (κ2) is 5.40. The topological polar surface area (TPSA) is 89.3 Å². The van der Waals surface area contributed by atoms with E-state index in [0.29, 0.717) is 17.6 Å². The summed E-state index contributed by atoms with van der Waals surface area (Å²) in [5.41, 5.74) is 0.249. The van der Waals surface area contributed by atoms with Crippen molar-refractivity contribution >= 4 is 21.2 Å². The van der Waals surface area contributed by atoms with Crippen molar-refractivity contribution in [3.8, 4) is 0 Å². The van der Waals surface area contributed by atoms with Gasteiger partial charge in [-0.1, -0.05) is 13.3 Å². The van der Waals surface area contributed by atoms with Crippen molar-refractivity contribution in [2.45, 2.75) is 37.1 Å². The number of sulfone groups is 1. The molecule has 1 fully saturated rings. The molecule has 1 aromatic carbocycles. The first-order chi connectivity index (χ1) is 9.32. The summed E-state index contributed by atoms with van der Waals surface area (Å²) in [5.74, 6) is 0.622. The monoisotopic (exact) mass is 298 g/mol. The molecule has 1 saturated carbocycles. The fourth-order valence-corrected chi connectivity index (χ4v) is 3.24. The van der Waals surface area contributed by atoms with Gasteiger partial charge < -0.3 is 5.32 Å². The van der Waals surface area contributed by atoms with E-state index in [2.05, 4.69) is 12.2 Å². The van der Waals surface area contributed by atoms with E-state index in [1.807, 2.05) is 0 Å². The third-order valence-electron chi connectivity index (χ3n) is 3.49. The van der Waals surface area contributed by atoms with E-state index >= 15 is 0 Å². The molecule has 7 heteroatoms. The zero-order valence-electron chi connectivity index (χ0n) is 11.5. The molecule has 0 saturated heterocycles. The van der Waals surface area contributed by atoms with Crippen LogP contribution in [0.3, 0.4) is 0 Å². The highest BCUT2D eigenvalue weighted by Gasteiger charge is 2.36. The Labute approximate surface area is 118 Å². The highest BCUT2D eigenvalue weighted by atomic mass is 32.2. The highest BCUT2D eigenvalue weighted by Crippen LogP contribution is 2.38. The van der Waals surface area contributed by atoms with Crippen molar-refractivity contribution in [3.63, 3.8) is 0 Å². The second-order valence-electron chi connectivity index (χ2n) is 5.25. The zero-order chi connectivity index (χ0) is 14.9. The van der Waals surface area contributed by atoms with Crippen LogP contribution in [0.15, 0.2) is 23.1 Å². The summed E-state index contributed by atoms with van der Waals surface area (Å²) in [6.45, 7) is 2.13. The second-order valence-corrected chi connectivity index (χ2v) is 7.23. The largest absolute Gasteiger partial charge is 0.382 e. The lowest BCUT2D eigenvalue weighted by atomic mass is 10.2. The minimum absolute atomic E-state index is 0.236. The Morgan fingerprint density at radius 1 is 1.45 bits per heavy atom.